The number of oxazole rings is 1. The third kappa shape index (κ3) is 3.51. The zero-order chi connectivity index (χ0) is 15.6. The molecule has 1 aromatic carbocycles. The third-order valence-corrected chi connectivity index (χ3v) is 2.87. The second-order valence-electron chi connectivity index (χ2n) is 3.91. The minimum Gasteiger partial charge on any atom is -0.460 e. The summed E-state index contributed by atoms with van der Waals surface area (Å²) in [5.41, 5.74) is -0.496. The van der Waals surface area contributed by atoms with Crippen molar-refractivity contribution in [2.45, 2.75) is 13.3 Å². The number of benzene rings is 1. The molecule has 2 rings (SSSR count). The first kappa shape index (κ1) is 15.7. The predicted molar refractivity (Wildman–Crippen MR) is 72.9 cm³/mol. The molecule has 0 unspecified atom stereocenters. The van der Waals surface area contributed by atoms with Crippen LogP contribution in [0.1, 0.15) is 29.6 Å². The number of nitrogens with zero attached hydrogens (tertiary/aromatic N) is 1. The summed E-state index contributed by atoms with van der Waals surface area (Å²) in [6.45, 7) is 1.58. The molecule has 8 heteroatoms. The fraction of sp³-hybridized carbons (Fsp3) is 0.231. The Balaban J connectivity index is 2.50. The highest BCUT2D eigenvalue weighted by atomic mass is 35.5. The van der Waals surface area contributed by atoms with Gasteiger partial charge in [0.15, 0.2) is 5.69 Å². The summed E-state index contributed by atoms with van der Waals surface area (Å²) >= 11 is 11.7. The first-order valence-electron chi connectivity index (χ1n) is 5.84. The second-order valence-corrected chi connectivity index (χ2v) is 4.79. The summed E-state index contributed by atoms with van der Waals surface area (Å²) < 4.78 is 35.6. The number of alkyl halides is 2. The van der Waals surface area contributed by atoms with E-state index in [1.54, 1.807) is 6.92 Å². The molecule has 0 aliphatic carbocycles. The molecular weight excluding hydrogens is 327 g/mol. The van der Waals surface area contributed by atoms with Gasteiger partial charge in [-0.05, 0) is 25.1 Å². The summed E-state index contributed by atoms with van der Waals surface area (Å²) in [6.07, 6.45) is -2.98. The van der Waals surface area contributed by atoms with E-state index >= 15 is 0 Å². The highest BCUT2D eigenvalue weighted by Crippen LogP contribution is 2.31. The van der Waals surface area contributed by atoms with E-state index < -0.39 is 23.8 Å². The number of carbonyl (C=O) groups is 1. The molecule has 0 N–H and O–H groups in total. The molecule has 0 spiro atoms. The monoisotopic (exact) mass is 335 g/mol. The first-order chi connectivity index (χ1) is 9.92. The van der Waals surface area contributed by atoms with Crippen molar-refractivity contribution >= 4 is 29.2 Å². The van der Waals surface area contributed by atoms with Crippen molar-refractivity contribution in [1.29, 1.82) is 0 Å². The molecule has 2 aromatic rings. The fourth-order valence-corrected chi connectivity index (χ4v) is 2.15. The van der Waals surface area contributed by atoms with Gasteiger partial charge >= 0.3 is 5.97 Å². The molecule has 0 amide bonds. The van der Waals surface area contributed by atoms with Gasteiger partial charge in [0, 0.05) is 15.6 Å². The second kappa shape index (κ2) is 6.41. The van der Waals surface area contributed by atoms with E-state index in [0.29, 0.717) is 0 Å². The molecule has 0 saturated carbocycles. The molecular formula is C13H9Cl2F2NO3. The number of esters is 1. The molecule has 0 fully saturated rings. The van der Waals surface area contributed by atoms with Crippen molar-refractivity contribution in [1.82, 2.24) is 4.98 Å². The van der Waals surface area contributed by atoms with Gasteiger partial charge in [-0.3, -0.25) is 0 Å². The van der Waals surface area contributed by atoms with Crippen LogP contribution in [0.2, 0.25) is 10.0 Å². The number of halogens is 4. The van der Waals surface area contributed by atoms with Crippen molar-refractivity contribution in [3.05, 3.63) is 39.7 Å². The maximum absolute atomic E-state index is 12.9. The van der Waals surface area contributed by atoms with Gasteiger partial charge in [0.25, 0.3) is 6.43 Å². The summed E-state index contributed by atoms with van der Waals surface area (Å²) in [7, 11) is 0. The van der Waals surface area contributed by atoms with Crippen LogP contribution in [-0.2, 0) is 4.74 Å². The van der Waals surface area contributed by atoms with Crippen molar-refractivity contribution in [3.8, 4) is 11.5 Å². The highest BCUT2D eigenvalue weighted by Gasteiger charge is 2.28. The topological polar surface area (TPSA) is 52.3 Å². The smallest absolute Gasteiger partial charge is 0.376 e. The van der Waals surface area contributed by atoms with Gasteiger partial charge in [-0.2, -0.15) is 0 Å². The van der Waals surface area contributed by atoms with E-state index in [9.17, 15) is 13.6 Å². The van der Waals surface area contributed by atoms with Crippen molar-refractivity contribution < 1.29 is 22.7 Å². The zero-order valence-electron chi connectivity index (χ0n) is 10.7. The van der Waals surface area contributed by atoms with Crippen LogP contribution in [0.15, 0.2) is 22.6 Å². The van der Waals surface area contributed by atoms with E-state index in [0.717, 1.165) is 0 Å². The third-order valence-electron chi connectivity index (χ3n) is 2.43. The summed E-state index contributed by atoms with van der Waals surface area (Å²) in [5, 5.41) is 0.568. The molecule has 21 heavy (non-hydrogen) atoms. The van der Waals surface area contributed by atoms with Gasteiger partial charge < -0.3 is 9.15 Å². The van der Waals surface area contributed by atoms with Crippen molar-refractivity contribution in [2.75, 3.05) is 6.61 Å². The molecule has 0 bridgehead atoms. The Morgan fingerprint density at radius 1 is 1.33 bits per heavy atom. The van der Waals surface area contributed by atoms with Crippen LogP contribution in [0.4, 0.5) is 8.78 Å². The summed E-state index contributed by atoms with van der Waals surface area (Å²) in [4.78, 5) is 15.2. The van der Waals surface area contributed by atoms with Crippen molar-refractivity contribution in [3.63, 3.8) is 0 Å². The Kier molecular flexibility index (Phi) is 4.80. The molecule has 4 nitrogen and oxygen atoms in total. The van der Waals surface area contributed by atoms with Crippen LogP contribution >= 0.6 is 23.2 Å². The van der Waals surface area contributed by atoms with Gasteiger partial charge in [-0.15, -0.1) is 0 Å². The molecule has 0 aliphatic heterocycles. The number of ether oxygens (including phenoxy) is 1. The largest absolute Gasteiger partial charge is 0.460 e. The van der Waals surface area contributed by atoms with Crippen LogP contribution in [0.5, 0.6) is 0 Å². The summed E-state index contributed by atoms with van der Waals surface area (Å²) in [5.74, 6) is -1.81. The Morgan fingerprint density at radius 2 is 1.95 bits per heavy atom. The molecule has 0 radical (unpaired) electrons. The first-order valence-corrected chi connectivity index (χ1v) is 6.60. The Hall–Kier alpha value is -1.66. The SMILES string of the molecule is CCOC(=O)c1oc(-c2cc(Cl)cc(Cl)c2)nc1C(F)F. The minimum atomic E-state index is -2.98. The van der Waals surface area contributed by atoms with Gasteiger partial charge in [0.05, 0.1) is 6.61 Å². The maximum Gasteiger partial charge on any atom is 0.376 e. The molecule has 0 atom stereocenters. The average molecular weight is 336 g/mol. The van der Waals surface area contributed by atoms with Gasteiger partial charge in [0.2, 0.25) is 11.7 Å². The van der Waals surface area contributed by atoms with Gasteiger partial charge in [-0.1, -0.05) is 23.2 Å². The Morgan fingerprint density at radius 3 is 2.48 bits per heavy atom. The molecule has 112 valence electrons. The number of hydrogen-bond donors (Lipinski definition) is 0. The van der Waals surface area contributed by atoms with Crippen LogP contribution in [-0.4, -0.2) is 17.6 Å². The lowest BCUT2D eigenvalue weighted by molar-refractivity contribution is 0.0476. The van der Waals surface area contributed by atoms with Crippen LogP contribution < -0.4 is 0 Å². The Bertz CT molecular complexity index is 653. The summed E-state index contributed by atoms with van der Waals surface area (Å²) in [6, 6.07) is 4.34. The number of aromatic nitrogens is 1. The van der Waals surface area contributed by atoms with Gasteiger partial charge in [-0.25, -0.2) is 18.6 Å². The highest BCUT2D eigenvalue weighted by molar-refractivity contribution is 6.35. The average Bonchev–Trinajstić information content (AvgIpc) is 2.83. The van der Waals surface area contributed by atoms with E-state index in [2.05, 4.69) is 9.72 Å². The van der Waals surface area contributed by atoms with Gasteiger partial charge in [0.1, 0.15) is 0 Å². The Labute approximate surface area is 128 Å². The van der Waals surface area contributed by atoms with E-state index in [-0.39, 0.29) is 28.1 Å². The van der Waals surface area contributed by atoms with E-state index in [4.69, 9.17) is 27.6 Å². The predicted octanol–water partition coefficient (Wildman–Crippen LogP) is 4.76. The molecule has 0 saturated heterocycles. The lowest BCUT2D eigenvalue weighted by Crippen LogP contribution is -2.06. The lowest BCUT2D eigenvalue weighted by Gasteiger charge is -1.99. The van der Waals surface area contributed by atoms with E-state index in [1.165, 1.54) is 18.2 Å². The zero-order valence-corrected chi connectivity index (χ0v) is 12.2. The fourth-order valence-electron chi connectivity index (χ4n) is 1.62. The molecule has 1 aromatic heterocycles. The van der Waals surface area contributed by atoms with Crippen LogP contribution in [0, 0.1) is 0 Å². The van der Waals surface area contributed by atoms with Crippen molar-refractivity contribution in [2.24, 2.45) is 0 Å². The van der Waals surface area contributed by atoms with Crippen LogP contribution in [0.25, 0.3) is 11.5 Å². The maximum atomic E-state index is 12.9. The normalized spacial score (nSPS) is 11.0. The number of hydrogen-bond acceptors (Lipinski definition) is 4. The molecule has 0 aliphatic rings. The standard InChI is InChI=1S/C13H9Cl2F2NO3/c1-2-20-13(19)10-9(11(16)17)18-12(21-10)6-3-7(14)5-8(15)4-6/h3-5,11H,2H2,1H3. The quantitative estimate of drug-likeness (QED) is 0.755. The van der Waals surface area contributed by atoms with Crippen LogP contribution in [0.3, 0.4) is 0 Å². The number of rotatable bonds is 4. The minimum absolute atomic E-state index is 0.0283. The lowest BCUT2D eigenvalue weighted by atomic mass is 10.2. The number of carbonyl (C=O) groups excluding carboxylic acids is 1. The van der Waals surface area contributed by atoms with E-state index in [1.807, 2.05) is 0 Å². The molecule has 1 heterocycles.